The molecule has 2 aliphatic rings. The van der Waals surface area contributed by atoms with Gasteiger partial charge < -0.3 is 9.47 Å². The Morgan fingerprint density at radius 1 is 1.50 bits per heavy atom. The van der Waals surface area contributed by atoms with E-state index in [2.05, 4.69) is 22.6 Å². The highest BCUT2D eigenvalue weighted by Gasteiger charge is 2.70. The van der Waals surface area contributed by atoms with E-state index in [1.165, 1.54) is 6.08 Å². The molecule has 0 aliphatic heterocycles. The maximum absolute atomic E-state index is 12.8. The van der Waals surface area contributed by atoms with Crippen molar-refractivity contribution in [2.45, 2.75) is 26.7 Å². The average Bonchev–Trinajstić information content (AvgIpc) is 3.17. The van der Waals surface area contributed by atoms with Crippen molar-refractivity contribution in [3.63, 3.8) is 0 Å². The number of carbonyl (C=O) groups is 2. The monoisotopic (exact) mass is 392 g/mol. The van der Waals surface area contributed by atoms with Gasteiger partial charge in [0.1, 0.15) is 0 Å². The molecule has 2 atom stereocenters. The Hall–Kier alpha value is -0.430. The summed E-state index contributed by atoms with van der Waals surface area (Å²) >= 11 is 2.31. The van der Waals surface area contributed by atoms with Gasteiger partial charge in [-0.3, -0.25) is 4.79 Å². The van der Waals surface area contributed by atoms with Crippen LogP contribution in [-0.4, -0.2) is 36.5 Å². The number of hydrogen-bond acceptors (Lipinski definition) is 4. The van der Waals surface area contributed by atoms with Gasteiger partial charge in [-0.2, -0.15) is 0 Å². The normalized spacial score (nSPS) is 32.9. The fraction of sp³-hybridized carbons (Fsp3) is 0.733. The molecule has 4 nitrogen and oxygen atoms in total. The van der Waals surface area contributed by atoms with E-state index < -0.39 is 11.4 Å². The summed E-state index contributed by atoms with van der Waals surface area (Å²) in [5, 5.41) is 0. The maximum Gasteiger partial charge on any atom is 0.331 e. The van der Waals surface area contributed by atoms with Crippen LogP contribution in [0.4, 0.5) is 0 Å². The number of halogens is 1. The topological polar surface area (TPSA) is 52.6 Å². The van der Waals surface area contributed by atoms with Crippen molar-refractivity contribution in [2.24, 2.45) is 16.7 Å². The van der Waals surface area contributed by atoms with Crippen molar-refractivity contribution in [3.05, 3.63) is 11.6 Å². The number of rotatable bonds is 5. The number of hydrogen-bond donors (Lipinski definition) is 0. The van der Waals surface area contributed by atoms with E-state index >= 15 is 0 Å². The van der Waals surface area contributed by atoms with Crippen LogP contribution in [0.1, 0.15) is 26.7 Å². The number of allylic oxidation sites excluding steroid dienone is 1. The van der Waals surface area contributed by atoms with Crippen LogP contribution in [0.25, 0.3) is 0 Å². The number of Topliss-reactive ketones (excluding diaryl/α,β-unsaturated/α-hetero) is 1. The molecule has 0 aromatic rings. The smallest absolute Gasteiger partial charge is 0.331 e. The second-order valence-corrected chi connectivity index (χ2v) is 6.69. The Kier molecular flexibility index (Phi) is 4.59. The predicted molar refractivity (Wildman–Crippen MR) is 83.8 cm³/mol. The summed E-state index contributed by atoms with van der Waals surface area (Å²) in [5.74, 6) is -0.213. The summed E-state index contributed by atoms with van der Waals surface area (Å²) in [4.78, 5) is 24.5. The zero-order valence-electron chi connectivity index (χ0n) is 12.2. The van der Waals surface area contributed by atoms with Gasteiger partial charge >= 0.3 is 5.97 Å². The molecular formula is C15H21IO4. The quantitative estimate of drug-likeness (QED) is 0.312. The van der Waals surface area contributed by atoms with Crippen LogP contribution in [0.2, 0.25) is 0 Å². The van der Waals surface area contributed by atoms with Crippen LogP contribution in [-0.2, 0) is 19.1 Å². The van der Waals surface area contributed by atoms with Gasteiger partial charge in [-0.1, -0.05) is 22.6 Å². The van der Waals surface area contributed by atoms with Gasteiger partial charge in [-0.25, -0.2) is 4.79 Å². The highest BCUT2D eigenvalue weighted by atomic mass is 127. The molecule has 0 heterocycles. The summed E-state index contributed by atoms with van der Waals surface area (Å²) in [5.41, 5.74) is 0.116. The molecule has 0 saturated heterocycles. The molecule has 2 rings (SSSR count). The fourth-order valence-electron chi connectivity index (χ4n) is 3.63. The number of ether oxygens (including phenoxy) is 2. The average molecular weight is 392 g/mol. The molecule has 0 radical (unpaired) electrons. The number of esters is 1. The van der Waals surface area contributed by atoms with Crippen LogP contribution < -0.4 is 0 Å². The van der Waals surface area contributed by atoms with Gasteiger partial charge in [-0.15, -0.1) is 0 Å². The highest BCUT2D eigenvalue weighted by Crippen LogP contribution is 2.70. The van der Waals surface area contributed by atoms with Crippen molar-refractivity contribution in [1.29, 1.82) is 0 Å². The lowest BCUT2D eigenvalue weighted by atomic mass is 9.74. The SMILES string of the molecule is CCOC(=O)/C=C1\C(=O)C(C)(COC)C2(CC2)C1CI. The summed E-state index contributed by atoms with van der Waals surface area (Å²) in [6.07, 6.45) is 3.48. The van der Waals surface area contributed by atoms with Crippen molar-refractivity contribution in [3.8, 4) is 0 Å². The standard InChI is InChI=1S/C15H21IO4/c1-4-20-12(17)7-10-11(8-16)15(5-6-15)14(2,9-19-3)13(10)18/h7,11H,4-6,8-9H2,1-3H3/b10-7-. The molecular weight excluding hydrogens is 371 g/mol. The third-order valence-electron chi connectivity index (χ3n) is 4.84. The van der Waals surface area contributed by atoms with Crippen LogP contribution in [0, 0.1) is 16.7 Å². The van der Waals surface area contributed by atoms with Gasteiger partial charge in [0.15, 0.2) is 5.78 Å². The summed E-state index contributed by atoms with van der Waals surface area (Å²) < 4.78 is 11.1. The van der Waals surface area contributed by atoms with E-state index in [9.17, 15) is 9.59 Å². The van der Waals surface area contributed by atoms with Gasteiger partial charge in [0, 0.05) is 29.1 Å². The van der Waals surface area contributed by atoms with E-state index in [1.54, 1.807) is 14.0 Å². The highest BCUT2D eigenvalue weighted by molar-refractivity contribution is 14.1. The third kappa shape index (κ3) is 2.22. The zero-order valence-corrected chi connectivity index (χ0v) is 14.4. The molecule has 5 heteroatoms. The molecule has 2 fully saturated rings. The van der Waals surface area contributed by atoms with Gasteiger partial charge in [0.25, 0.3) is 0 Å². The van der Waals surface area contributed by atoms with Gasteiger partial charge in [0.2, 0.25) is 0 Å². The third-order valence-corrected chi connectivity index (χ3v) is 5.72. The summed E-state index contributed by atoms with van der Waals surface area (Å²) in [6.45, 7) is 4.49. The minimum atomic E-state index is -0.504. The fourth-order valence-corrected chi connectivity index (χ4v) is 4.94. The van der Waals surface area contributed by atoms with E-state index in [-0.39, 0.29) is 17.1 Å². The lowest BCUT2D eigenvalue weighted by Crippen LogP contribution is -2.36. The predicted octanol–water partition coefficient (Wildman–Crippen LogP) is 2.54. The maximum atomic E-state index is 12.8. The Balaban J connectivity index is 2.39. The van der Waals surface area contributed by atoms with E-state index in [4.69, 9.17) is 9.47 Å². The largest absolute Gasteiger partial charge is 0.463 e. The molecule has 0 bridgehead atoms. The van der Waals surface area contributed by atoms with Crippen molar-refractivity contribution < 1.29 is 19.1 Å². The molecule has 20 heavy (non-hydrogen) atoms. The van der Waals surface area contributed by atoms with Crippen LogP contribution in [0.3, 0.4) is 0 Å². The van der Waals surface area contributed by atoms with Crippen molar-refractivity contribution >= 4 is 34.3 Å². The molecule has 1 spiro atoms. The van der Waals surface area contributed by atoms with Crippen LogP contribution in [0.15, 0.2) is 11.6 Å². The zero-order chi connectivity index (χ0) is 15.0. The second kappa shape index (κ2) is 5.75. The Morgan fingerprint density at radius 3 is 2.60 bits per heavy atom. The molecule has 2 saturated carbocycles. The molecule has 0 aromatic heterocycles. The van der Waals surface area contributed by atoms with Crippen LogP contribution >= 0.6 is 22.6 Å². The molecule has 2 aliphatic carbocycles. The first-order chi connectivity index (χ1) is 9.46. The number of carbonyl (C=O) groups excluding carboxylic acids is 2. The van der Waals surface area contributed by atoms with E-state index in [0.29, 0.717) is 18.8 Å². The lowest BCUT2D eigenvalue weighted by molar-refractivity contribution is -0.137. The van der Waals surface area contributed by atoms with Gasteiger partial charge in [0.05, 0.1) is 18.6 Å². The first kappa shape index (κ1) is 15.9. The van der Waals surface area contributed by atoms with Crippen molar-refractivity contribution in [2.75, 3.05) is 24.8 Å². The van der Waals surface area contributed by atoms with Crippen molar-refractivity contribution in [1.82, 2.24) is 0 Å². The van der Waals surface area contributed by atoms with E-state index in [1.807, 2.05) is 6.92 Å². The molecule has 0 N–H and O–H groups in total. The van der Waals surface area contributed by atoms with E-state index in [0.717, 1.165) is 17.3 Å². The molecule has 0 aromatic carbocycles. The molecule has 112 valence electrons. The molecule has 2 unspecified atom stereocenters. The second-order valence-electron chi connectivity index (χ2n) is 5.81. The Morgan fingerprint density at radius 2 is 2.15 bits per heavy atom. The summed E-state index contributed by atoms with van der Waals surface area (Å²) in [6, 6.07) is 0. The first-order valence-corrected chi connectivity index (χ1v) is 8.47. The minimum Gasteiger partial charge on any atom is -0.463 e. The Bertz CT molecular complexity index is 453. The summed E-state index contributed by atoms with van der Waals surface area (Å²) in [7, 11) is 1.63. The number of alkyl halides is 1. The Labute approximate surface area is 133 Å². The minimum absolute atomic E-state index is 0.0143. The first-order valence-electron chi connectivity index (χ1n) is 6.95. The number of methoxy groups -OCH3 is 1. The van der Waals surface area contributed by atoms with Crippen LogP contribution in [0.5, 0.6) is 0 Å². The molecule has 0 amide bonds. The number of ketones is 1. The van der Waals surface area contributed by atoms with Gasteiger partial charge in [-0.05, 0) is 32.1 Å². The lowest BCUT2D eigenvalue weighted by Gasteiger charge is -2.31.